The molecule has 0 unspecified atom stereocenters. The normalized spacial score (nSPS) is 13.8. The Balaban J connectivity index is 1.36. The van der Waals surface area contributed by atoms with Gasteiger partial charge in [-0.05, 0) is 60.9 Å². The minimum Gasteiger partial charge on any atom is -0.373 e. The average Bonchev–Trinajstić information content (AvgIpc) is 3.51. The highest BCUT2D eigenvalue weighted by Gasteiger charge is 2.32. The van der Waals surface area contributed by atoms with E-state index in [9.17, 15) is 22.8 Å². The average molecular weight is 583 g/mol. The van der Waals surface area contributed by atoms with Crippen molar-refractivity contribution in [3.63, 3.8) is 0 Å². The summed E-state index contributed by atoms with van der Waals surface area (Å²) in [6.07, 6.45) is 0.435. The second-order valence-corrected chi connectivity index (χ2v) is 10.2. The number of alkyl halides is 3. The van der Waals surface area contributed by atoms with Crippen molar-refractivity contribution in [2.75, 3.05) is 17.7 Å². The van der Waals surface area contributed by atoms with Crippen LogP contribution >= 0.6 is 11.6 Å². The summed E-state index contributed by atoms with van der Waals surface area (Å²) in [5, 5.41) is 9.63. The Bertz CT molecular complexity index is 1610. The predicted octanol–water partition coefficient (Wildman–Crippen LogP) is 6.46. The number of carbonyl (C=O) groups excluding carboxylic acids is 2. The van der Waals surface area contributed by atoms with E-state index < -0.39 is 17.8 Å². The molecule has 1 fully saturated rings. The summed E-state index contributed by atoms with van der Waals surface area (Å²) in [7, 11) is 1.66. The van der Waals surface area contributed by atoms with E-state index in [2.05, 4.69) is 30.9 Å². The molecule has 2 amide bonds. The van der Waals surface area contributed by atoms with Gasteiger partial charge in [0.2, 0.25) is 5.91 Å². The van der Waals surface area contributed by atoms with Crippen LogP contribution in [0.2, 0.25) is 5.02 Å². The molecule has 8 nitrogen and oxygen atoms in total. The topological polar surface area (TPSA) is 109 Å². The minimum absolute atomic E-state index is 0.0222. The third kappa shape index (κ3) is 6.40. The van der Waals surface area contributed by atoms with Gasteiger partial charge >= 0.3 is 6.18 Å². The second-order valence-electron chi connectivity index (χ2n) is 9.78. The number of fused-ring (bicyclic) bond motifs is 1. The summed E-state index contributed by atoms with van der Waals surface area (Å²) in [4.78, 5) is 38.0. The van der Waals surface area contributed by atoms with E-state index in [4.69, 9.17) is 11.6 Å². The fourth-order valence-corrected chi connectivity index (χ4v) is 5.00. The molecule has 0 atom stereocenters. The van der Waals surface area contributed by atoms with E-state index in [1.807, 2.05) is 0 Å². The fraction of sp³-hybridized carbons (Fsp3) is 0.276. The van der Waals surface area contributed by atoms with Gasteiger partial charge in [0.05, 0.1) is 16.1 Å². The number of aromatic nitrogens is 3. The Labute approximate surface area is 238 Å². The van der Waals surface area contributed by atoms with Crippen LogP contribution < -0.4 is 16.0 Å². The van der Waals surface area contributed by atoms with E-state index in [-0.39, 0.29) is 34.8 Å². The first-order valence-electron chi connectivity index (χ1n) is 13.0. The number of hydrogen-bond acceptors (Lipinski definition) is 6. The summed E-state index contributed by atoms with van der Waals surface area (Å²) in [6.45, 7) is 0.286. The van der Waals surface area contributed by atoms with E-state index in [1.165, 1.54) is 6.07 Å². The number of pyridine rings is 1. The highest BCUT2D eigenvalue weighted by atomic mass is 35.5. The largest absolute Gasteiger partial charge is 0.433 e. The molecule has 0 aliphatic heterocycles. The van der Waals surface area contributed by atoms with E-state index in [0.717, 1.165) is 43.5 Å². The maximum absolute atomic E-state index is 13.2. The number of carbonyl (C=O) groups is 2. The van der Waals surface area contributed by atoms with Gasteiger partial charge in [0.25, 0.3) is 5.91 Å². The minimum atomic E-state index is -4.56. The maximum Gasteiger partial charge on any atom is 0.433 e. The molecule has 3 N–H and O–H groups in total. The Morgan fingerprint density at radius 2 is 1.80 bits per heavy atom. The van der Waals surface area contributed by atoms with Crippen LogP contribution in [0.15, 0.2) is 54.7 Å². The SMILES string of the molecule is CNc1nc(-c2ccc(C(F)(F)F)nc2)nc2cc(NC(=O)c3cc(CNC(=O)C4CCCC4)ccc3Cl)ccc12. The van der Waals surface area contributed by atoms with Crippen molar-refractivity contribution < 1.29 is 22.8 Å². The van der Waals surface area contributed by atoms with Crippen LogP contribution in [0.25, 0.3) is 22.3 Å². The Kier molecular flexibility index (Phi) is 8.07. The lowest BCUT2D eigenvalue weighted by Crippen LogP contribution is -2.28. The first-order chi connectivity index (χ1) is 19.6. The lowest BCUT2D eigenvalue weighted by molar-refractivity contribution is -0.141. The molecule has 0 spiro atoms. The van der Waals surface area contributed by atoms with Gasteiger partial charge < -0.3 is 16.0 Å². The van der Waals surface area contributed by atoms with Crippen LogP contribution in [0.4, 0.5) is 24.7 Å². The maximum atomic E-state index is 13.2. The number of nitrogens with one attached hydrogen (secondary N) is 3. The van der Waals surface area contributed by atoms with Crippen LogP contribution in [0, 0.1) is 5.92 Å². The zero-order valence-electron chi connectivity index (χ0n) is 22.0. The van der Waals surface area contributed by atoms with E-state index in [1.54, 1.807) is 43.4 Å². The zero-order chi connectivity index (χ0) is 29.1. The van der Waals surface area contributed by atoms with Gasteiger partial charge in [0, 0.05) is 42.3 Å². The molecule has 212 valence electrons. The monoisotopic (exact) mass is 582 g/mol. The number of nitrogens with zero attached hydrogens (tertiary/aromatic N) is 3. The summed E-state index contributed by atoms with van der Waals surface area (Å²) in [5.41, 5.74) is 1.15. The van der Waals surface area contributed by atoms with Crippen molar-refractivity contribution in [2.24, 2.45) is 5.92 Å². The van der Waals surface area contributed by atoms with Crippen LogP contribution in [-0.2, 0) is 17.5 Å². The molecule has 1 saturated carbocycles. The lowest BCUT2D eigenvalue weighted by atomic mass is 10.1. The lowest BCUT2D eigenvalue weighted by Gasteiger charge is -2.13. The molecule has 4 aromatic rings. The summed E-state index contributed by atoms with van der Waals surface area (Å²) < 4.78 is 38.8. The van der Waals surface area contributed by atoms with Gasteiger partial charge in [0.1, 0.15) is 11.5 Å². The quantitative estimate of drug-likeness (QED) is 0.231. The molecule has 0 bridgehead atoms. The van der Waals surface area contributed by atoms with E-state index in [0.29, 0.717) is 28.0 Å². The Hall–Kier alpha value is -4.25. The second kappa shape index (κ2) is 11.7. The molecule has 0 saturated heterocycles. The number of rotatable bonds is 7. The predicted molar refractivity (Wildman–Crippen MR) is 151 cm³/mol. The molecule has 5 rings (SSSR count). The molecule has 1 aliphatic rings. The van der Waals surface area contributed by atoms with E-state index >= 15 is 0 Å². The van der Waals surface area contributed by atoms with Crippen molar-refractivity contribution in [3.8, 4) is 11.4 Å². The third-order valence-electron chi connectivity index (χ3n) is 6.97. The van der Waals surface area contributed by atoms with Crippen molar-refractivity contribution in [1.82, 2.24) is 20.3 Å². The molecular weight excluding hydrogens is 557 g/mol. The Morgan fingerprint density at radius 1 is 1.02 bits per heavy atom. The first kappa shape index (κ1) is 28.3. The van der Waals surface area contributed by atoms with Gasteiger partial charge in [-0.1, -0.05) is 30.5 Å². The molecule has 1 aliphatic carbocycles. The van der Waals surface area contributed by atoms with Crippen LogP contribution in [0.5, 0.6) is 0 Å². The molecular formula is C29H26ClF3N6O2. The summed E-state index contributed by atoms with van der Waals surface area (Å²) in [5.74, 6) is 0.240. The first-order valence-corrected chi connectivity index (χ1v) is 13.4. The van der Waals surface area contributed by atoms with Gasteiger partial charge in [-0.25, -0.2) is 9.97 Å². The highest BCUT2D eigenvalue weighted by molar-refractivity contribution is 6.34. The van der Waals surface area contributed by atoms with Gasteiger partial charge in [0.15, 0.2) is 5.82 Å². The van der Waals surface area contributed by atoms with Crippen molar-refractivity contribution in [2.45, 2.75) is 38.4 Å². The number of anilines is 2. The summed E-state index contributed by atoms with van der Waals surface area (Å²) >= 11 is 6.33. The van der Waals surface area contributed by atoms with Gasteiger partial charge in [-0.3, -0.25) is 14.6 Å². The van der Waals surface area contributed by atoms with Crippen LogP contribution in [-0.4, -0.2) is 33.8 Å². The smallest absolute Gasteiger partial charge is 0.373 e. The fourth-order valence-electron chi connectivity index (χ4n) is 4.80. The number of hydrogen-bond donors (Lipinski definition) is 3. The van der Waals surface area contributed by atoms with Crippen LogP contribution in [0.1, 0.15) is 47.3 Å². The molecule has 2 aromatic heterocycles. The third-order valence-corrected chi connectivity index (χ3v) is 7.30. The molecule has 41 heavy (non-hydrogen) atoms. The molecule has 2 heterocycles. The van der Waals surface area contributed by atoms with Gasteiger partial charge in [-0.15, -0.1) is 0 Å². The van der Waals surface area contributed by atoms with Crippen molar-refractivity contribution >= 4 is 45.8 Å². The molecule has 2 aromatic carbocycles. The standard InChI is InChI=1S/C29H26ClF3N6O2/c1-34-26-20-9-8-19(13-23(20)38-25(39-26)18-7-11-24(35-15-18)29(31,32)33)37-28(41)21-12-16(6-10-22(21)30)14-36-27(40)17-4-2-3-5-17/h6-13,15,17H,2-5,14H2,1H3,(H,36,40)(H,37,41)(H,34,38,39). The number of halogens is 4. The highest BCUT2D eigenvalue weighted by Crippen LogP contribution is 2.31. The zero-order valence-corrected chi connectivity index (χ0v) is 22.7. The number of benzene rings is 2. The van der Waals surface area contributed by atoms with Crippen molar-refractivity contribution in [3.05, 3.63) is 76.6 Å². The molecule has 12 heteroatoms. The number of amides is 2. The Morgan fingerprint density at radius 3 is 2.49 bits per heavy atom. The van der Waals surface area contributed by atoms with Crippen LogP contribution in [0.3, 0.4) is 0 Å². The van der Waals surface area contributed by atoms with Gasteiger partial charge in [-0.2, -0.15) is 13.2 Å². The summed E-state index contributed by atoms with van der Waals surface area (Å²) in [6, 6.07) is 12.2. The molecule has 0 radical (unpaired) electrons. The van der Waals surface area contributed by atoms with Crippen molar-refractivity contribution in [1.29, 1.82) is 0 Å².